The minimum Gasteiger partial charge on any atom is -0.462 e. The van der Waals surface area contributed by atoms with Gasteiger partial charge < -0.3 is 10.1 Å². The van der Waals surface area contributed by atoms with Crippen molar-refractivity contribution in [2.75, 3.05) is 0 Å². The van der Waals surface area contributed by atoms with E-state index in [9.17, 15) is 4.79 Å². The average Bonchev–Trinajstić information content (AvgIpc) is 3.55. The van der Waals surface area contributed by atoms with Crippen LogP contribution in [0.15, 0.2) is 28.7 Å². The van der Waals surface area contributed by atoms with Gasteiger partial charge in [0, 0.05) is 16.6 Å². The van der Waals surface area contributed by atoms with Gasteiger partial charge in [0.2, 0.25) is 0 Å². The molecule has 4 heteroatoms. The van der Waals surface area contributed by atoms with Crippen LogP contribution in [-0.4, -0.2) is 24.2 Å². The Balaban J connectivity index is 1.39. The van der Waals surface area contributed by atoms with Crippen molar-refractivity contribution in [1.82, 2.24) is 5.32 Å². The largest absolute Gasteiger partial charge is 0.462 e. The van der Waals surface area contributed by atoms with Crippen molar-refractivity contribution in [2.24, 2.45) is 5.92 Å². The summed E-state index contributed by atoms with van der Waals surface area (Å²) in [7, 11) is 0. The van der Waals surface area contributed by atoms with E-state index in [-0.39, 0.29) is 12.1 Å². The number of hydrogen-bond acceptors (Lipinski definition) is 3. The summed E-state index contributed by atoms with van der Waals surface area (Å²) in [5.41, 5.74) is 0.584. The van der Waals surface area contributed by atoms with Crippen LogP contribution in [0.25, 0.3) is 0 Å². The molecule has 1 aromatic carbocycles. The molecule has 3 aliphatic carbocycles. The zero-order valence-electron chi connectivity index (χ0n) is 17.1. The molecule has 0 aromatic heterocycles. The van der Waals surface area contributed by atoms with Gasteiger partial charge in [0.1, 0.15) is 6.10 Å². The summed E-state index contributed by atoms with van der Waals surface area (Å²) in [6, 6.07) is 9.42. The van der Waals surface area contributed by atoms with Gasteiger partial charge in [-0.25, -0.2) is 0 Å². The van der Waals surface area contributed by atoms with E-state index < -0.39 is 5.41 Å². The first-order valence-electron chi connectivity index (χ1n) is 11.3. The topological polar surface area (TPSA) is 38.3 Å². The molecule has 0 amide bonds. The Bertz CT molecular complexity index is 666. The van der Waals surface area contributed by atoms with Crippen LogP contribution in [-0.2, 0) is 14.9 Å². The van der Waals surface area contributed by atoms with Crippen LogP contribution in [0.2, 0.25) is 0 Å². The molecule has 28 heavy (non-hydrogen) atoms. The van der Waals surface area contributed by atoms with Crippen molar-refractivity contribution >= 4 is 21.9 Å². The number of hydrogen-bond donors (Lipinski definition) is 1. The van der Waals surface area contributed by atoms with Gasteiger partial charge in [0.25, 0.3) is 0 Å². The molecule has 4 rings (SSSR count). The summed E-state index contributed by atoms with van der Waals surface area (Å²) in [6.07, 6.45) is 13.4. The first-order chi connectivity index (χ1) is 13.6. The molecule has 3 saturated carbocycles. The van der Waals surface area contributed by atoms with Gasteiger partial charge in [-0.05, 0) is 81.9 Å². The number of carbonyl (C=O) groups excluding carboxylic acids is 1. The van der Waals surface area contributed by atoms with Crippen LogP contribution in [0.3, 0.4) is 0 Å². The number of esters is 1. The number of nitrogens with one attached hydrogen (secondary N) is 1. The molecular weight excluding hydrogens is 414 g/mol. The minimum atomic E-state index is -0.509. The quantitative estimate of drug-likeness (QED) is 0.552. The molecule has 0 heterocycles. The smallest absolute Gasteiger partial charge is 0.316 e. The van der Waals surface area contributed by atoms with Crippen LogP contribution in [0.1, 0.15) is 83.1 Å². The number of rotatable bonds is 6. The number of benzene rings is 1. The zero-order valence-corrected chi connectivity index (χ0v) is 18.7. The van der Waals surface area contributed by atoms with Crippen molar-refractivity contribution in [1.29, 1.82) is 0 Å². The fourth-order valence-corrected chi connectivity index (χ4v) is 5.52. The van der Waals surface area contributed by atoms with Crippen LogP contribution >= 0.6 is 15.9 Å². The minimum absolute atomic E-state index is 0.0133. The maximum atomic E-state index is 13.3. The highest BCUT2D eigenvalue weighted by Crippen LogP contribution is 2.48. The van der Waals surface area contributed by atoms with Gasteiger partial charge in [-0.3, -0.25) is 4.79 Å². The second-order valence-corrected chi connectivity index (χ2v) is 10.3. The van der Waals surface area contributed by atoms with Gasteiger partial charge in [0.15, 0.2) is 0 Å². The molecule has 3 fully saturated rings. The van der Waals surface area contributed by atoms with Gasteiger partial charge in [-0.2, -0.15) is 0 Å². The standard InChI is InChI=1S/C24H34BrNO2/c1-24(17-10-11-17,18-12-14-19(25)15-13-18)23(27)28-22-9-5-8-21(16-22)26-20-6-3-2-4-7-20/h12-15,17,20-22,26H,2-11,16H2,1H3. The molecule has 154 valence electrons. The summed E-state index contributed by atoms with van der Waals surface area (Å²) in [5.74, 6) is 0.404. The summed E-state index contributed by atoms with van der Waals surface area (Å²) >= 11 is 3.51. The van der Waals surface area contributed by atoms with E-state index in [1.165, 1.54) is 38.5 Å². The summed E-state index contributed by atoms with van der Waals surface area (Å²) in [6.45, 7) is 2.09. The van der Waals surface area contributed by atoms with E-state index in [1.807, 2.05) is 12.1 Å². The maximum absolute atomic E-state index is 13.3. The van der Waals surface area contributed by atoms with Gasteiger partial charge in [-0.1, -0.05) is 47.3 Å². The second kappa shape index (κ2) is 8.87. The van der Waals surface area contributed by atoms with Crippen molar-refractivity contribution in [2.45, 2.75) is 101 Å². The number of carbonyl (C=O) groups is 1. The molecule has 3 aliphatic rings. The first kappa shape index (κ1) is 20.4. The molecule has 1 N–H and O–H groups in total. The first-order valence-corrected chi connectivity index (χ1v) is 12.1. The monoisotopic (exact) mass is 447 g/mol. The Morgan fingerprint density at radius 1 is 0.964 bits per heavy atom. The van der Waals surface area contributed by atoms with Gasteiger partial charge >= 0.3 is 5.97 Å². The van der Waals surface area contributed by atoms with Crippen molar-refractivity contribution in [3.63, 3.8) is 0 Å². The van der Waals surface area contributed by atoms with E-state index in [1.54, 1.807) is 0 Å². The summed E-state index contributed by atoms with van der Waals surface area (Å²) in [5, 5.41) is 3.88. The van der Waals surface area contributed by atoms with Crippen molar-refractivity contribution < 1.29 is 9.53 Å². The van der Waals surface area contributed by atoms with Crippen LogP contribution < -0.4 is 5.32 Å². The fourth-order valence-electron chi connectivity index (χ4n) is 5.26. The lowest BCUT2D eigenvalue weighted by atomic mass is 9.77. The molecule has 3 atom stereocenters. The molecule has 3 nitrogen and oxygen atoms in total. The van der Waals surface area contributed by atoms with Crippen LogP contribution in [0, 0.1) is 5.92 Å². The molecule has 0 spiro atoms. The Hall–Kier alpha value is -0.870. The van der Waals surface area contributed by atoms with E-state index in [2.05, 4.69) is 40.3 Å². The predicted molar refractivity (Wildman–Crippen MR) is 116 cm³/mol. The van der Waals surface area contributed by atoms with Gasteiger partial charge in [0.05, 0.1) is 5.41 Å². The molecule has 0 bridgehead atoms. The van der Waals surface area contributed by atoms with Crippen molar-refractivity contribution in [3.8, 4) is 0 Å². The molecule has 3 unspecified atom stereocenters. The zero-order chi connectivity index (χ0) is 19.6. The molecular formula is C24H34BrNO2. The predicted octanol–water partition coefficient (Wildman–Crippen LogP) is 5.89. The normalized spacial score (nSPS) is 28.5. The molecule has 1 aromatic rings. The van der Waals surface area contributed by atoms with Crippen LogP contribution in [0.4, 0.5) is 0 Å². The molecule has 0 aliphatic heterocycles. The van der Waals surface area contributed by atoms with E-state index in [4.69, 9.17) is 4.74 Å². The third-order valence-electron chi connectivity index (χ3n) is 7.24. The Kier molecular flexibility index (Phi) is 6.46. The van der Waals surface area contributed by atoms with E-state index in [0.717, 1.165) is 42.1 Å². The third kappa shape index (κ3) is 4.64. The fraction of sp³-hybridized carbons (Fsp3) is 0.708. The maximum Gasteiger partial charge on any atom is 0.316 e. The van der Waals surface area contributed by atoms with Crippen LogP contribution in [0.5, 0.6) is 0 Å². The van der Waals surface area contributed by atoms with E-state index >= 15 is 0 Å². The third-order valence-corrected chi connectivity index (χ3v) is 7.77. The van der Waals surface area contributed by atoms with E-state index in [0.29, 0.717) is 18.0 Å². The molecule has 0 radical (unpaired) electrons. The summed E-state index contributed by atoms with van der Waals surface area (Å²) in [4.78, 5) is 13.3. The SMILES string of the molecule is CC(C(=O)OC1CCCC(NC2CCCCC2)C1)(c1ccc(Br)cc1)C1CC1. The lowest BCUT2D eigenvalue weighted by Gasteiger charge is -2.36. The lowest BCUT2D eigenvalue weighted by Crippen LogP contribution is -2.45. The summed E-state index contributed by atoms with van der Waals surface area (Å²) < 4.78 is 7.22. The Morgan fingerprint density at radius 2 is 1.64 bits per heavy atom. The highest BCUT2D eigenvalue weighted by molar-refractivity contribution is 9.10. The Labute approximate surface area is 178 Å². The Morgan fingerprint density at radius 3 is 2.32 bits per heavy atom. The highest BCUT2D eigenvalue weighted by Gasteiger charge is 2.50. The second-order valence-electron chi connectivity index (χ2n) is 9.38. The van der Waals surface area contributed by atoms with Gasteiger partial charge in [-0.15, -0.1) is 0 Å². The number of halogens is 1. The average molecular weight is 448 g/mol. The number of ether oxygens (including phenoxy) is 1. The molecule has 0 saturated heterocycles. The highest BCUT2D eigenvalue weighted by atomic mass is 79.9. The lowest BCUT2D eigenvalue weighted by molar-refractivity contribution is -0.158. The van der Waals surface area contributed by atoms with Crippen molar-refractivity contribution in [3.05, 3.63) is 34.3 Å².